The predicted octanol–water partition coefficient (Wildman–Crippen LogP) is 5.23. The summed E-state index contributed by atoms with van der Waals surface area (Å²) >= 11 is 1.44. The number of ketones is 1. The van der Waals surface area contributed by atoms with Crippen molar-refractivity contribution in [3.63, 3.8) is 0 Å². The second-order valence-corrected chi connectivity index (χ2v) is 10.7. The number of methoxy groups -OCH3 is 1. The lowest BCUT2D eigenvalue weighted by molar-refractivity contribution is -0.142. The summed E-state index contributed by atoms with van der Waals surface area (Å²) < 4.78 is 10.7. The first-order valence-corrected chi connectivity index (χ1v) is 13.5. The largest absolute Gasteiger partial charge is 0.507 e. The van der Waals surface area contributed by atoms with Crippen LogP contribution >= 0.6 is 11.3 Å². The summed E-state index contributed by atoms with van der Waals surface area (Å²) in [5, 5.41) is 13.5. The molecule has 2 saturated heterocycles. The van der Waals surface area contributed by atoms with Crippen molar-refractivity contribution in [1.82, 2.24) is 9.80 Å². The number of hydrogen-bond donors (Lipinski definition) is 1. The van der Waals surface area contributed by atoms with Crippen LogP contribution in [0.2, 0.25) is 0 Å². The number of amides is 2. The third-order valence-electron chi connectivity index (χ3n) is 7.13. The number of rotatable bonds is 6. The van der Waals surface area contributed by atoms with Crippen molar-refractivity contribution in [2.24, 2.45) is 0 Å². The molecule has 0 saturated carbocycles. The monoisotopic (exact) mass is 526 g/mol. The number of aliphatic hydroxyl groups excluding tert-OH is 1. The summed E-state index contributed by atoms with van der Waals surface area (Å²) in [5.74, 6) is -0.644. The Kier molecular flexibility index (Phi) is 7.92. The smallest absolute Gasteiger partial charge is 0.409 e. The molecule has 2 aliphatic heterocycles. The summed E-state index contributed by atoms with van der Waals surface area (Å²) in [6.07, 6.45) is 0.674. The van der Waals surface area contributed by atoms with Gasteiger partial charge in [-0.2, -0.15) is 0 Å². The van der Waals surface area contributed by atoms with Crippen LogP contribution in [0.15, 0.2) is 35.2 Å². The molecule has 9 heteroatoms. The van der Waals surface area contributed by atoms with E-state index in [9.17, 15) is 19.5 Å². The van der Waals surface area contributed by atoms with Crippen LogP contribution in [0.3, 0.4) is 0 Å². The molecule has 3 heterocycles. The molecule has 4 rings (SSSR count). The maximum absolute atomic E-state index is 13.5. The first kappa shape index (κ1) is 26.7. The molecule has 1 aromatic heterocycles. The first-order valence-electron chi connectivity index (χ1n) is 12.6. The van der Waals surface area contributed by atoms with Crippen LogP contribution in [-0.2, 0) is 14.3 Å². The number of carbonyl (C=O) groups is 3. The number of likely N-dealkylation sites (tertiary alicyclic amines) is 2. The summed E-state index contributed by atoms with van der Waals surface area (Å²) in [5.41, 5.74) is 2.27. The fourth-order valence-electron chi connectivity index (χ4n) is 5.22. The summed E-state index contributed by atoms with van der Waals surface area (Å²) in [6.45, 7) is 8.84. The van der Waals surface area contributed by atoms with Gasteiger partial charge in [-0.1, -0.05) is 19.9 Å². The van der Waals surface area contributed by atoms with Gasteiger partial charge in [-0.3, -0.25) is 9.59 Å². The number of hydrogen-bond acceptors (Lipinski definition) is 7. The maximum Gasteiger partial charge on any atom is 0.409 e. The van der Waals surface area contributed by atoms with Crippen molar-refractivity contribution in [1.29, 1.82) is 0 Å². The molecule has 8 nitrogen and oxygen atoms in total. The van der Waals surface area contributed by atoms with Crippen LogP contribution in [0.5, 0.6) is 5.75 Å². The van der Waals surface area contributed by atoms with E-state index in [0.29, 0.717) is 43.9 Å². The van der Waals surface area contributed by atoms with Crippen molar-refractivity contribution >= 4 is 34.9 Å². The van der Waals surface area contributed by atoms with Gasteiger partial charge in [0.05, 0.1) is 25.3 Å². The van der Waals surface area contributed by atoms with Gasteiger partial charge in [0.1, 0.15) is 11.5 Å². The summed E-state index contributed by atoms with van der Waals surface area (Å²) in [6, 6.07) is 6.52. The highest BCUT2D eigenvalue weighted by Gasteiger charge is 2.50. The molecule has 2 amide bonds. The van der Waals surface area contributed by atoms with Gasteiger partial charge in [-0.05, 0) is 67.3 Å². The number of Topliss-reactive ketones (excluding diaryl/α,β-unsaturated/α-hetero) is 1. The van der Waals surface area contributed by atoms with Crippen LogP contribution in [0.4, 0.5) is 4.79 Å². The molecule has 2 fully saturated rings. The molecule has 37 heavy (non-hydrogen) atoms. The number of benzene rings is 1. The van der Waals surface area contributed by atoms with E-state index in [1.807, 2.05) is 50.4 Å². The molecule has 2 aliphatic rings. The normalized spacial score (nSPS) is 20.1. The standard InChI is InChI=1S/C28H34N2O6S/c1-6-36-28(34)29-11-9-18(10-12-29)30-24(22-8-7-13-37-22)23(26(32)27(30)33)25(31)20-15-19(16(2)3)21(35-5)14-17(20)4/h7-8,13-16,18,24,31H,6,9-12H2,1-5H3/b25-23+. The Labute approximate surface area is 221 Å². The van der Waals surface area contributed by atoms with Gasteiger partial charge < -0.3 is 24.4 Å². The van der Waals surface area contributed by atoms with Gasteiger partial charge in [0.25, 0.3) is 11.7 Å². The second-order valence-electron chi connectivity index (χ2n) is 9.70. The fourth-order valence-corrected chi connectivity index (χ4v) is 6.05. The number of thiophene rings is 1. The average molecular weight is 527 g/mol. The van der Waals surface area contributed by atoms with E-state index >= 15 is 0 Å². The highest BCUT2D eigenvalue weighted by atomic mass is 32.1. The van der Waals surface area contributed by atoms with E-state index in [2.05, 4.69) is 0 Å². The number of nitrogens with zero attached hydrogens (tertiary/aromatic N) is 2. The zero-order chi connectivity index (χ0) is 26.9. The van der Waals surface area contributed by atoms with E-state index < -0.39 is 17.7 Å². The third-order valence-corrected chi connectivity index (χ3v) is 8.06. The summed E-state index contributed by atoms with van der Waals surface area (Å²) in [4.78, 5) is 43.1. The van der Waals surface area contributed by atoms with E-state index in [0.717, 1.165) is 16.0 Å². The highest BCUT2D eigenvalue weighted by Crippen LogP contribution is 2.44. The van der Waals surface area contributed by atoms with Crippen LogP contribution < -0.4 is 4.74 Å². The number of aryl methyl sites for hydroxylation is 1. The SMILES string of the molecule is CCOC(=O)N1CCC(N2C(=O)C(=O)/C(=C(/O)c3cc(C(C)C)c(OC)cc3C)C2c2cccs2)CC1. The minimum atomic E-state index is -0.692. The zero-order valence-corrected chi connectivity index (χ0v) is 22.8. The maximum atomic E-state index is 13.5. The van der Waals surface area contributed by atoms with Crippen LogP contribution in [-0.4, -0.2) is 65.5 Å². The topological polar surface area (TPSA) is 96.4 Å². The summed E-state index contributed by atoms with van der Waals surface area (Å²) in [7, 11) is 1.61. The van der Waals surface area contributed by atoms with E-state index in [1.165, 1.54) is 11.3 Å². The lowest BCUT2D eigenvalue weighted by Gasteiger charge is -2.38. The van der Waals surface area contributed by atoms with Gasteiger partial charge >= 0.3 is 6.09 Å². The number of aliphatic hydroxyl groups is 1. The van der Waals surface area contributed by atoms with Crippen LogP contribution in [0.25, 0.3) is 5.76 Å². The van der Waals surface area contributed by atoms with Crippen LogP contribution in [0, 0.1) is 6.92 Å². The molecule has 1 atom stereocenters. The average Bonchev–Trinajstić information content (AvgIpc) is 3.50. The Morgan fingerprint density at radius 1 is 1.22 bits per heavy atom. The Hall–Kier alpha value is -3.33. The molecule has 198 valence electrons. The molecule has 1 unspecified atom stereocenters. The molecule has 1 aromatic carbocycles. The molecule has 0 radical (unpaired) electrons. The van der Waals surface area contributed by atoms with E-state index in [-0.39, 0.29) is 29.4 Å². The molecule has 0 spiro atoms. The third kappa shape index (κ3) is 4.97. The van der Waals surface area contributed by atoms with E-state index in [4.69, 9.17) is 9.47 Å². The molecular formula is C28H34N2O6S. The Balaban J connectivity index is 1.76. The van der Waals surface area contributed by atoms with Gasteiger partial charge in [0.2, 0.25) is 0 Å². The molecule has 1 N–H and O–H groups in total. The van der Waals surface area contributed by atoms with Crippen molar-refractivity contribution in [2.45, 2.75) is 58.5 Å². The van der Waals surface area contributed by atoms with Gasteiger partial charge in [-0.15, -0.1) is 11.3 Å². The first-order chi connectivity index (χ1) is 17.7. The minimum absolute atomic E-state index is 0.100. The molecule has 2 aromatic rings. The Morgan fingerprint density at radius 2 is 1.92 bits per heavy atom. The second kappa shape index (κ2) is 11.0. The lowest BCUT2D eigenvalue weighted by Crippen LogP contribution is -2.48. The van der Waals surface area contributed by atoms with Crippen molar-refractivity contribution < 1.29 is 29.0 Å². The van der Waals surface area contributed by atoms with Crippen molar-refractivity contribution in [3.8, 4) is 5.75 Å². The zero-order valence-electron chi connectivity index (χ0n) is 21.9. The highest BCUT2D eigenvalue weighted by molar-refractivity contribution is 7.10. The minimum Gasteiger partial charge on any atom is -0.507 e. The van der Waals surface area contributed by atoms with Crippen LogP contribution in [0.1, 0.15) is 67.1 Å². The quantitative estimate of drug-likeness (QED) is 0.315. The number of ether oxygens (including phenoxy) is 2. The van der Waals surface area contributed by atoms with Gasteiger partial charge in [0, 0.05) is 29.6 Å². The lowest BCUT2D eigenvalue weighted by atomic mass is 9.92. The Morgan fingerprint density at radius 3 is 2.49 bits per heavy atom. The van der Waals surface area contributed by atoms with Crippen molar-refractivity contribution in [3.05, 3.63) is 56.8 Å². The van der Waals surface area contributed by atoms with Gasteiger partial charge in [-0.25, -0.2) is 4.79 Å². The fraction of sp³-hybridized carbons (Fsp3) is 0.464. The van der Waals surface area contributed by atoms with Gasteiger partial charge in [0.15, 0.2) is 0 Å². The number of piperidine rings is 1. The number of carbonyl (C=O) groups excluding carboxylic acids is 3. The predicted molar refractivity (Wildman–Crippen MR) is 142 cm³/mol. The van der Waals surface area contributed by atoms with Crippen molar-refractivity contribution in [2.75, 3.05) is 26.8 Å². The van der Waals surface area contributed by atoms with E-state index in [1.54, 1.807) is 23.8 Å². The Bertz CT molecular complexity index is 1210. The molecular weight excluding hydrogens is 492 g/mol. The molecule has 0 bridgehead atoms. The molecule has 0 aliphatic carbocycles.